The summed E-state index contributed by atoms with van der Waals surface area (Å²) in [5, 5.41) is 9.97. The third-order valence-electron chi connectivity index (χ3n) is 4.93. The number of rotatable bonds is 3. The van der Waals surface area contributed by atoms with Gasteiger partial charge in [-0.3, -0.25) is 0 Å². The van der Waals surface area contributed by atoms with Crippen LogP contribution in [0.25, 0.3) is 0 Å². The molecule has 1 saturated heterocycles. The Morgan fingerprint density at radius 1 is 1.19 bits per heavy atom. The minimum atomic E-state index is -0.325. The first kappa shape index (κ1) is 14.3. The van der Waals surface area contributed by atoms with Crippen molar-refractivity contribution in [2.24, 2.45) is 0 Å². The number of hydrogen-bond donors (Lipinski definition) is 1. The molecule has 0 spiro atoms. The number of ether oxygens (including phenoxy) is 2. The van der Waals surface area contributed by atoms with E-state index < -0.39 is 0 Å². The fraction of sp³-hybridized carbons (Fsp3) is 0.529. The molecule has 1 N–H and O–H groups in total. The van der Waals surface area contributed by atoms with E-state index in [2.05, 4.69) is 24.1 Å². The number of aliphatic hydroxyl groups excluding tert-OH is 1. The van der Waals surface area contributed by atoms with Crippen molar-refractivity contribution in [1.82, 2.24) is 4.90 Å². The Hall–Kier alpha value is -1.68. The van der Waals surface area contributed by atoms with Gasteiger partial charge in [0.05, 0.1) is 20.3 Å². The lowest BCUT2D eigenvalue weighted by molar-refractivity contribution is 0.181. The Balaban J connectivity index is 2.08. The molecular formula is C17H23NO3. The maximum atomic E-state index is 9.97. The number of likely N-dealkylation sites (N-methyl/N-ethyl adjacent to an activating group) is 1. The smallest absolute Gasteiger partial charge is 0.161 e. The summed E-state index contributed by atoms with van der Waals surface area (Å²) in [6.45, 7) is 1.02. The molecule has 21 heavy (non-hydrogen) atoms. The molecule has 1 aromatic carbocycles. The molecule has 1 fully saturated rings. The monoisotopic (exact) mass is 289 g/mol. The first-order chi connectivity index (χ1) is 10.1. The zero-order valence-electron chi connectivity index (χ0n) is 12.9. The molecule has 2 atom stereocenters. The Bertz CT molecular complexity index is 569. The van der Waals surface area contributed by atoms with Crippen LogP contribution in [0, 0.1) is 0 Å². The van der Waals surface area contributed by atoms with Crippen LogP contribution in [0.3, 0.4) is 0 Å². The number of likely N-dealkylation sites (tertiary alicyclic amines) is 1. The van der Waals surface area contributed by atoms with Crippen molar-refractivity contribution in [2.45, 2.75) is 30.8 Å². The number of benzene rings is 1. The fourth-order valence-electron chi connectivity index (χ4n) is 3.74. The summed E-state index contributed by atoms with van der Waals surface area (Å²) in [6, 6.07) is 6.19. The van der Waals surface area contributed by atoms with Gasteiger partial charge in [-0.25, -0.2) is 0 Å². The van der Waals surface area contributed by atoms with Crippen molar-refractivity contribution >= 4 is 0 Å². The average Bonchev–Trinajstić information content (AvgIpc) is 2.85. The van der Waals surface area contributed by atoms with Gasteiger partial charge in [0.15, 0.2) is 11.5 Å². The van der Waals surface area contributed by atoms with Crippen LogP contribution in [-0.2, 0) is 5.41 Å². The average molecular weight is 289 g/mol. The molecule has 1 aromatic rings. The van der Waals surface area contributed by atoms with Crippen molar-refractivity contribution in [3.05, 3.63) is 35.5 Å². The summed E-state index contributed by atoms with van der Waals surface area (Å²) >= 11 is 0. The van der Waals surface area contributed by atoms with Crippen LogP contribution in [0.15, 0.2) is 30.0 Å². The van der Waals surface area contributed by atoms with Crippen LogP contribution >= 0.6 is 0 Å². The van der Waals surface area contributed by atoms with Crippen LogP contribution in [-0.4, -0.2) is 43.9 Å². The van der Waals surface area contributed by atoms with E-state index in [1.54, 1.807) is 14.2 Å². The van der Waals surface area contributed by atoms with E-state index in [9.17, 15) is 5.11 Å². The summed E-state index contributed by atoms with van der Waals surface area (Å²) in [6.07, 6.45) is 4.56. The van der Waals surface area contributed by atoms with E-state index >= 15 is 0 Å². The van der Waals surface area contributed by atoms with Gasteiger partial charge in [-0.15, -0.1) is 0 Å². The Kier molecular flexibility index (Phi) is 3.57. The molecule has 1 aliphatic heterocycles. The van der Waals surface area contributed by atoms with Crippen LogP contribution in [0.5, 0.6) is 11.5 Å². The molecular weight excluding hydrogens is 266 g/mol. The summed E-state index contributed by atoms with van der Waals surface area (Å²) in [4.78, 5) is 2.26. The van der Waals surface area contributed by atoms with Crippen molar-refractivity contribution in [3.63, 3.8) is 0 Å². The molecule has 1 heterocycles. The van der Waals surface area contributed by atoms with Gasteiger partial charge < -0.3 is 19.5 Å². The largest absolute Gasteiger partial charge is 0.493 e. The second kappa shape index (κ2) is 5.26. The molecule has 1 aliphatic carbocycles. The molecule has 0 bridgehead atoms. The summed E-state index contributed by atoms with van der Waals surface area (Å²) < 4.78 is 10.8. The lowest BCUT2D eigenvalue weighted by Gasteiger charge is -2.37. The van der Waals surface area contributed by atoms with Gasteiger partial charge in [0, 0.05) is 24.7 Å². The molecule has 3 rings (SSSR count). The minimum Gasteiger partial charge on any atom is -0.493 e. The van der Waals surface area contributed by atoms with E-state index in [1.165, 1.54) is 11.3 Å². The normalized spacial score (nSPS) is 28.1. The van der Waals surface area contributed by atoms with E-state index in [0.29, 0.717) is 0 Å². The van der Waals surface area contributed by atoms with Gasteiger partial charge in [0.2, 0.25) is 0 Å². The third-order valence-corrected chi connectivity index (χ3v) is 4.93. The van der Waals surface area contributed by atoms with E-state index in [1.807, 2.05) is 12.1 Å². The number of aliphatic hydroxyl groups is 1. The zero-order chi connectivity index (χ0) is 15.0. The first-order valence-corrected chi connectivity index (χ1v) is 7.45. The molecule has 0 radical (unpaired) electrons. The highest BCUT2D eigenvalue weighted by molar-refractivity contribution is 5.49. The lowest BCUT2D eigenvalue weighted by atomic mass is 9.70. The predicted octanol–water partition coefficient (Wildman–Crippen LogP) is 2.32. The second-order valence-corrected chi connectivity index (χ2v) is 5.98. The predicted molar refractivity (Wildman–Crippen MR) is 81.8 cm³/mol. The molecule has 0 amide bonds. The van der Waals surface area contributed by atoms with Crippen molar-refractivity contribution in [2.75, 3.05) is 27.8 Å². The lowest BCUT2D eigenvalue weighted by Crippen LogP contribution is -2.33. The van der Waals surface area contributed by atoms with E-state index in [-0.39, 0.29) is 11.5 Å². The third kappa shape index (κ3) is 2.18. The highest BCUT2D eigenvalue weighted by Gasteiger charge is 2.45. The van der Waals surface area contributed by atoms with Crippen molar-refractivity contribution in [1.29, 1.82) is 0 Å². The molecule has 4 nitrogen and oxygen atoms in total. The number of fused-ring (bicyclic) bond motifs is 1. The fourth-order valence-corrected chi connectivity index (χ4v) is 3.74. The number of allylic oxidation sites excluding steroid dienone is 1. The molecule has 4 heteroatoms. The van der Waals surface area contributed by atoms with Crippen LogP contribution in [0.2, 0.25) is 0 Å². The molecule has 2 aliphatic rings. The molecule has 114 valence electrons. The standard InChI is InChI=1S/C17H23NO3/c1-18-9-8-17(7-6-13(19)11-16(17)18)12-4-5-14(20-2)15(10-12)21-3/h4-5,10-11,13,19H,6-9H2,1-3H3/t13-,17?/m0/s1. The maximum Gasteiger partial charge on any atom is 0.161 e. The first-order valence-electron chi connectivity index (χ1n) is 7.45. The Morgan fingerprint density at radius 3 is 2.67 bits per heavy atom. The van der Waals surface area contributed by atoms with Crippen molar-refractivity contribution in [3.8, 4) is 11.5 Å². The maximum absolute atomic E-state index is 9.97. The van der Waals surface area contributed by atoms with E-state index in [4.69, 9.17) is 9.47 Å². The number of methoxy groups -OCH3 is 2. The zero-order valence-corrected chi connectivity index (χ0v) is 12.9. The topological polar surface area (TPSA) is 41.9 Å². The highest BCUT2D eigenvalue weighted by atomic mass is 16.5. The van der Waals surface area contributed by atoms with Gasteiger partial charge in [-0.1, -0.05) is 6.07 Å². The minimum absolute atomic E-state index is 0.00747. The SMILES string of the molecule is COc1ccc(C23CC[C@H](O)C=C2N(C)CC3)cc1OC. The highest BCUT2D eigenvalue weighted by Crippen LogP contribution is 2.50. The summed E-state index contributed by atoms with van der Waals surface area (Å²) in [7, 11) is 5.43. The van der Waals surface area contributed by atoms with Crippen LogP contribution in [0.1, 0.15) is 24.8 Å². The van der Waals surface area contributed by atoms with Gasteiger partial charge in [-0.05, 0) is 43.0 Å². The van der Waals surface area contributed by atoms with Crippen LogP contribution < -0.4 is 9.47 Å². The summed E-state index contributed by atoms with van der Waals surface area (Å²) in [5.41, 5.74) is 2.50. The second-order valence-electron chi connectivity index (χ2n) is 5.98. The van der Waals surface area contributed by atoms with Gasteiger partial charge in [0.25, 0.3) is 0 Å². The molecule has 0 aromatic heterocycles. The van der Waals surface area contributed by atoms with Crippen LogP contribution in [0.4, 0.5) is 0 Å². The van der Waals surface area contributed by atoms with Gasteiger partial charge in [0.1, 0.15) is 0 Å². The molecule has 0 saturated carbocycles. The van der Waals surface area contributed by atoms with E-state index in [0.717, 1.165) is 37.3 Å². The Labute approximate surface area is 126 Å². The number of nitrogens with zero attached hydrogens (tertiary/aromatic N) is 1. The number of hydrogen-bond acceptors (Lipinski definition) is 4. The van der Waals surface area contributed by atoms with Crippen molar-refractivity contribution < 1.29 is 14.6 Å². The van der Waals surface area contributed by atoms with Gasteiger partial charge >= 0.3 is 0 Å². The summed E-state index contributed by atoms with van der Waals surface area (Å²) in [5.74, 6) is 1.52. The van der Waals surface area contributed by atoms with Gasteiger partial charge in [-0.2, -0.15) is 0 Å². The quantitative estimate of drug-likeness (QED) is 0.927. The Morgan fingerprint density at radius 2 is 1.95 bits per heavy atom. The molecule has 1 unspecified atom stereocenters.